The fourth-order valence-corrected chi connectivity index (χ4v) is 11.0. The molecule has 0 saturated carbocycles. The number of hydrogen-bond acceptors (Lipinski definition) is 15. The van der Waals surface area contributed by atoms with Crippen LogP contribution in [0.3, 0.4) is 0 Å². The van der Waals surface area contributed by atoms with Crippen molar-refractivity contribution in [2.45, 2.75) is 335 Å². The van der Waals surface area contributed by atoms with Gasteiger partial charge in [0.2, 0.25) is 0 Å². The van der Waals surface area contributed by atoms with E-state index in [1.807, 2.05) is 0 Å². The van der Waals surface area contributed by atoms with Gasteiger partial charge in [-0.2, -0.15) is 0 Å². The Morgan fingerprint density at radius 1 is 0.329 bits per heavy atom. The Morgan fingerprint density at radius 2 is 0.561 bits per heavy atom. The Bertz CT molecular complexity index is 1600. The van der Waals surface area contributed by atoms with Crippen molar-refractivity contribution >= 4 is 39.5 Å². The zero-order valence-electron chi connectivity index (χ0n) is 52.6. The summed E-state index contributed by atoms with van der Waals surface area (Å²) in [5, 5.41) is 10.5. The van der Waals surface area contributed by atoms with E-state index in [0.29, 0.717) is 25.7 Å². The first kappa shape index (κ1) is 80.1. The molecule has 82 heavy (non-hydrogen) atoms. The SMILES string of the molecule is CCCCCCCCCCCCCCCCCCCCC(=O)O[C@H](COC(=O)CCCCCCCCCCCC(C)C)COP(=O)(O)OC[C@@H](O)COP(=O)(O)OC[C@@H](COC(=O)CCCCCCC)OC(=O)CCCCCCCCC. The van der Waals surface area contributed by atoms with Crippen LogP contribution in [0, 0.1) is 5.92 Å². The molecule has 5 atom stereocenters. The molecule has 0 fully saturated rings. The molecular weight excluding hydrogens is 1090 g/mol. The summed E-state index contributed by atoms with van der Waals surface area (Å²) in [7, 11) is -9.87. The minimum absolute atomic E-state index is 0.103. The van der Waals surface area contributed by atoms with E-state index in [-0.39, 0.29) is 25.7 Å². The maximum absolute atomic E-state index is 13.0. The number of hydrogen-bond donors (Lipinski definition) is 3. The third kappa shape index (κ3) is 57.2. The standard InChI is InChI=1S/C63H122O17P2/c1-6-9-12-15-17-18-19-20-21-22-23-24-25-26-29-34-39-44-49-63(68)80-59(53-74-61(66)47-42-37-33-30-27-28-32-36-40-45-56(4)5)55-78-82(71,72)76-51-57(64)50-75-81(69,70)77-54-58(52-73-60(65)46-41-35-14-11-8-3)79-62(67)48-43-38-31-16-13-10-7-2/h56-59,64H,6-55H2,1-5H3,(H,69,70)(H,71,72)/t57-,58+,59+/m0/s1. The summed E-state index contributed by atoms with van der Waals surface area (Å²) < 4.78 is 67.6. The third-order valence-electron chi connectivity index (χ3n) is 14.5. The van der Waals surface area contributed by atoms with Crippen LogP contribution >= 0.6 is 15.6 Å². The number of esters is 4. The van der Waals surface area contributed by atoms with Crippen molar-refractivity contribution in [1.82, 2.24) is 0 Å². The van der Waals surface area contributed by atoms with E-state index in [0.717, 1.165) is 115 Å². The molecule has 0 aromatic heterocycles. The third-order valence-corrected chi connectivity index (χ3v) is 16.4. The number of unbranched alkanes of at least 4 members (excludes halogenated alkanes) is 35. The quantitative estimate of drug-likeness (QED) is 0.0222. The van der Waals surface area contributed by atoms with Crippen molar-refractivity contribution in [2.24, 2.45) is 5.92 Å². The number of aliphatic hydroxyl groups excluding tert-OH is 1. The van der Waals surface area contributed by atoms with E-state index in [1.165, 1.54) is 122 Å². The summed E-state index contributed by atoms with van der Waals surface area (Å²) in [6.45, 7) is 7.04. The minimum Gasteiger partial charge on any atom is -0.462 e. The Morgan fingerprint density at radius 3 is 0.829 bits per heavy atom. The van der Waals surface area contributed by atoms with E-state index < -0.39 is 97.5 Å². The molecular formula is C63H122O17P2. The first-order chi connectivity index (χ1) is 39.5. The van der Waals surface area contributed by atoms with Crippen molar-refractivity contribution in [3.63, 3.8) is 0 Å². The van der Waals surface area contributed by atoms with E-state index in [4.69, 9.17) is 37.0 Å². The molecule has 0 amide bonds. The lowest BCUT2D eigenvalue weighted by atomic mass is 10.0. The maximum atomic E-state index is 13.0. The van der Waals surface area contributed by atoms with Gasteiger partial charge in [-0.1, -0.05) is 266 Å². The van der Waals surface area contributed by atoms with Gasteiger partial charge >= 0.3 is 39.5 Å². The van der Waals surface area contributed by atoms with Crippen LogP contribution in [0.5, 0.6) is 0 Å². The topological polar surface area (TPSA) is 237 Å². The van der Waals surface area contributed by atoms with Crippen LogP contribution in [0.25, 0.3) is 0 Å². The summed E-state index contributed by atoms with van der Waals surface area (Å²) in [5.74, 6) is -1.41. The van der Waals surface area contributed by atoms with Crippen LogP contribution in [-0.2, 0) is 65.4 Å². The fraction of sp³-hybridized carbons (Fsp3) is 0.937. The molecule has 0 bridgehead atoms. The lowest BCUT2D eigenvalue weighted by molar-refractivity contribution is -0.161. The molecule has 0 radical (unpaired) electrons. The van der Waals surface area contributed by atoms with Gasteiger partial charge in [-0.3, -0.25) is 37.3 Å². The molecule has 19 heteroatoms. The van der Waals surface area contributed by atoms with Crippen molar-refractivity contribution in [2.75, 3.05) is 39.6 Å². The molecule has 0 spiro atoms. The van der Waals surface area contributed by atoms with Gasteiger partial charge in [0.15, 0.2) is 12.2 Å². The molecule has 0 aromatic carbocycles. The Kier molecular flexibility index (Phi) is 55.5. The van der Waals surface area contributed by atoms with Crippen LogP contribution < -0.4 is 0 Å². The molecule has 0 aliphatic heterocycles. The average Bonchev–Trinajstić information content (AvgIpc) is 3.44. The Hall–Kier alpha value is -1.94. The smallest absolute Gasteiger partial charge is 0.462 e. The number of carbonyl (C=O) groups is 4. The summed E-state index contributed by atoms with van der Waals surface area (Å²) >= 11 is 0. The molecule has 486 valence electrons. The number of carbonyl (C=O) groups excluding carboxylic acids is 4. The van der Waals surface area contributed by atoms with Gasteiger partial charge in [0.25, 0.3) is 0 Å². The van der Waals surface area contributed by atoms with Gasteiger partial charge < -0.3 is 33.8 Å². The summed E-state index contributed by atoms with van der Waals surface area (Å²) in [6, 6.07) is 0. The molecule has 0 aliphatic carbocycles. The van der Waals surface area contributed by atoms with Crippen LogP contribution in [0.4, 0.5) is 0 Å². The first-order valence-electron chi connectivity index (χ1n) is 33.1. The highest BCUT2D eigenvalue weighted by molar-refractivity contribution is 7.47. The van der Waals surface area contributed by atoms with Gasteiger partial charge in [-0.15, -0.1) is 0 Å². The maximum Gasteiger partial charge on any atom is 0.472 e. The van der Waals surface area contributed by atoms with Crippen LogP contribution in [0.15, 0.2) is 0 Å². The number of phosphoric acid groups is 2. The summed E-state index contributed by atoms with van der Waals surface area (Å²) in [6.07, 6.45) is 40.9. The number of ether oxygens (including phenoxy) is 4. The Balaban J connectivity index is 5.12. The van der Waals surface area contributed by atoms with Gasteiger partial charge in [0.05, 0.1) is 26.4 Å². The normalized spacial score (nSPS) is 14.3. The number of rotatable bonds is 63. The predicted octanol–water partition coefficient (Wildman–Crippen LogP) is 17.4. The molecule has 2 unspecified atom stereocenters. The van der Waals surface area contributed by atoms with Crippen molar-refractivity contribution in [1.29, 1.82) is 0 Å². The van der Waals surface area contributed by atoms with Gasteiger partial charge in [-0.05, 0) is 31.6 Å². The zero-order valence-corrected chi connectivity index (χ0v) is 54.4. The van der Waals surface area contributed by atoms with Gasteiger partial charge in [0, 0.05) is 25.7 Å². The Labute approximate surface area is 498 Å². The summed E-state index contributed by atoms with van der Waals surface area (Å²) in [4.78, 5) is 71.8. The second-order valence-electron chi connectivity index (χ2n) is 23.3. The highest BCUT2D eigenvalue weighted by Gasteiger charge is 2.30. The van der Waals surface area contributed by atoms with Crippen molar-refractivity contribution < 1.29 is 80.2 Å². The molecule has 0 aromatic rings. The molecule has 0 aliphatic rings. The number of phosphoric ester groups is 2. The molecule has 0 heterocycles. The van der Waals surface area contributed by atoms with E-state index in [9.17, 15) is 43.2 Å². The van der Waals surface area contributed by atoms with Crippen LogP contribution in [0.2, 0.25) is 0 Å². The van der Waals surface area contributed by atoms with E-state index in [1.54, 1.807) is 0 Å². The van der Waals surface area contributed by atoms with Gasteiger partial charge in [0.1, 0.15) is 19.3 Å². The molecule has 17 nitrogen and oxygen atoms in total. The average molecular weight is 1210 g/mol. The summed E-state index contributed by atoms with van der Waals surface area (Å²) in [5.41, 5.74) is 0. The molecule has 0 rings (SSSR count). The fourth-order valence-electron chi connectivity index (χ4n) is 9.41. The number of aliphatic hydroxyl groups is 1. The molecule has 3 N–H and O–H groups in total. The van der Waals surface area contributed by atoms with Crippen LogP contribution in [0.1, 0.15) is 317 Å². The van der Waals surface area contributed by atoms with Gasteiger partial charge in [-0.25, -0.2) is 9.13 Å². The highest BCUT2D eigenvalue weighted by Crippen LogP contribution is 2.45. The lowest BCUT2D eigenvalue weighted by Crippen LogP contribution is -2.30. The highest BCUT2D eigenvalue weighted by atomic mass is 31.2. The lowest BCUT2D eigenvalue weighted by Gasteiger charge is -2.21. The van der Waals surface area contributed by atoms with E-state index in [2.05, 4.69) is 34.6 Å². The second kappa shape index (κ2) is 56.8. The van der Waals surface area contributed by atoms with Crippen molar-refractivity contribution in [3.05, 3.63) is 0 Å². The second-order valence-corrected chi connectivity index (χ2v) is 26.2. The largest absolute Gasteiger partial charge is 0.472 e. The minimum atomic E-state index is -4.94. The van der Waals surface area contributed by atoms with E-state index >= 15 is 0 Å². The monoisotopic (exact) mass is 1210 g/mol. The van der Waals surface area contributed by atoms with Crippen molar-refractivity contribution in [3.8, 4) is 0 Å². The molecule has 0 saturated heterocycles. The van der Waals surface area contributed by atoms with Crippen LogP contribution in [-0.4, -0.2) is 96.7 Å². The zero-order chi connectivity index (χ0) is 60.6. The first-order valence-corrected chi connectivity index (χ1v) is 36.1. The predicted molar refractivity (Wildman–Crippen MR) is 326 cm³/mol.